The first-order valence-electron chi connectivity index (χ1n) is 13.1. The van der Waals surface area contributed by atoms with E-state index in [2.05, 4.69) is 46.5 Å². The normalized spacial score (nSPS) is 15.4. The first kappa shape index (κ1) is 29.3. The molecule has 0 saturated carbocycles. The number of hydrogen-bond acceptors (Lipinski definition) is 4. The van der Waals surface area contributed by atoms with Crippen LogP contribution in [-0.2, 0) is 12.8 Å². The highest BCUT2D eigenvalue weighted by Crippen LogP contribution is 2.25. The van der Waals surface area contributed by atoms with E-state index in [0.717, 1.165) is 81.0 Å². The number of hydrogen-bond donors (Lipinski definition) is 1. The van der Waals surface area contributed by atoms with E-state index in [-0.39, 0.29) is 5.82 Å². The van der Waals surface area contributed by atoms with E-state index < -0.39 is 0 Å². The smallest absolute Gasteiger partial charge is 0.127 e. The van der Waals surface area contributed by atoms with Crippen molar-refractivity contribution >= 4 is 24.5 Å². The van der Waals surface area contributed by atoms with Crippen molar-refractivity contribution < 1.29 is 4.39 Å². The predicted octanol–water partition coefficient (Wildman–Crippen LogP) is 6.79. The molecule has 0 bridgehead atoms. The second-order valence-corrected chi connectivity index (χ2v) is 10.2. The van der Waals surface area contributed by atoms with Crippen molar-refractivity contribution in [1.82, 2.24) is 10.2 Å². The van der Waals surface area contributed by atoms with Crippen LogP contribution in [0.3, 0.4) is 0 Å². The number of aliphatic imine (C=N–C) groups is 2. The van der Waals surface area contributed by atoms with Gasteiger partial charge in [0.15, 0.2) is 0 Å². The van der Waals surface area contributed by atoms with Gasteiger partial charge in [0, 0.05) is 44.2 Å². The van der Waals surface area contributed by atoms with Gasteiger partial charge >= 0.3 is 0 Å². The van der Waals surface area contributed by atoms with Crippen LogP contribution in [0.5, 0.6) is 0 Å². The zero-order valence-electron chi connectivity index (χ0n) is 21.7. The average molecular weight is 503 g/mol. The van der Waals surface area contributed by atoms with Crippen molar-refractivity contribution in [3.63, 3.8) is 0 Å². The number of unbranched alkanes of at least 4 members (excludes halogenated alkanes) is 2. The Labute approximate surface area is 217 Å². The summed E-state index contributed by atoms with van der Waals surface area (Å²) in [6, 6.07) is 5.77. The van der Waals surface area contributed by atoms with E-state index in [1.165, 1.54) is 25.5 Å². The maximum absolute atomic E-state index is 14.7. The van der Waals surface area contributed by atoms with Crippen LogP contribution in [0.25, 0.3) is 0 Å². The largest absolute Gasteiger partial charge is 0.374 e. The molecule has 0 spiro atoms. The lowest BCUT2D eigenvalue weighted by Gasteiger charge is -2.42. The van der Waals surface area contributed by atoms with Crippen LogP contribution in [0.1, 0.15) is 63.0 Å². The lowest BCUT2D eigenvalue weighted by atomic mass is 9.93. The Bertz CT molecular complexity index is 845. The molecule has 1 heterocycles. The molecule has 1 saturated heterocycles. The number of aryl methyl sites for hydroxylation is 1. The molecule has 1 aromatic carbocycles. The van der Waals surface area contributed by atoms with Crippen LogP contribution in [0, 0.1) is 17.7 Å². The summed E-state index contributed by atoms with van der Waals surface area (Å²) in [6.07, 6.45) is 12.7. The predicted molar refractivity (Wildman–Crippen MR) is 150 cm³/mol. The van der Waals surface area contributed by atoms with Gasteiger partial charge in [-0.3, -0.25) is 9.98 Å². The van der Waals surface area contributed by atoms with Gasteiger partial charge in [-0.05, 0) is 81.4 Å². The maximum Gasteiger partial charge on any atom is 0.127 e. The summed E-state index contributed by atoms with van der Waals surface area (Å²) in [6.45, 7) is 13.7. The minimum atomic E-state index is -0.0947. The molecule has 1 unspecified atom stereocenters. The lowest BCUT2D eigenvalue weighted by molar-refractivity contribution is 0.137. The number of nitrogens with zero attached hydrogens (tertiary/aromatic N) is 3. The molecular weight excluding hydrogens is 459 g/mol. The molecule has 1 fully saturated rings. The molecule has 4 nitrogen and oxygen atoms in total. The molecule has 1 atom stereocenters. The summed E-state index contributed by atoms with van der Waals surface area (Å²) in [7, 11) is 2.00. The van der Waals surface area contributed by atoms with Crippen LogP contribution in [0.15, 0.2) is 51.7 Å². The van der Waals surface area contributed by atoms with Gasteiger partial charge in [-0.25, -0.2) is 4.39 Å². The van der Waals surface area contributed by atoms with E-state index >= 15 is 0 Å². The molecule has 0 amide bonds. The van der Waals surface area contributed by atoms with Crippen molar-refractivity contribution in [2.75, 3.05) is 33.2 Å². The Balaban J connectivity index is 1.69. The van der Waals surface area contributed by atoms with Crippen LogP contribution < -0.4 is 5.32 Å². The highest BCUT2D eigenvalue weighted by atomic mass is 35.5. The monoisotopic (exact) mass is 502 g/mol. The van der Waals surface area contributed by atoms with E-state index in [4.69, 9.17) is 11.6 Å². The molecule has 0 radical (unpaired) electrons. The summed E-state index contributed by atoms with van der Waals surface area (Å²) in [5, 5.41) is 3.76. The zero-order valence-corrected chi connectivity index (χ0v) is 22.5. The minimum absolute atomic E-state index is 0.0947. The van der Waals surface area contributed by atoms with Crippen LogP contribution in [0.4, 0.5) is 4.39 Å². The Morgan fingerprint density at radius 1 is 1.26 bits per heavy atom. The topological polar surface area (TPSA) is 40.0 Å². The molecule has 0 aromatic heterocycles. The van der Waals surface area contributed by atoms with Gasteiger partial charge in [0.05, 0.1) is 5.03 Å². The first-order chi connectivity index (χ1) is 17.0. The van der Waals surface area contributed by atoms with Crippen LogP contribution >= 0.6 is 11.6 Å². The highest BCUT2D eigenvalue weighted by Gasteiger charge is 2.26. The third-order valence-corrected chi connectivity index (χ3v) is 7.16. The maximum atomic E-state index is 14.7. The quantitative estimate of drug-likeness (QED) is 0.177. The van der Waals surface area contributed by atoms with E-state index in [1.54, 1.807) is 12.3 Å². The van der Waals surface area contributed by atoms with Crippen molar-refractivity contribution in [3.8, 4) is 0 Å². The Morgan fingerprint density at radius 3 is 2.74 bits per heavy atom. The van der Waals surface area contributed by atoms with Gasteiger partial charge in [-0.1, -0.05) is 56.5 Å². The average Bonchev–Trinajstić information content (AvgIpc) is 2.80. The Morgan fingerprint density at radius 2 is 2.06 bits per heavy atom. The van der Waals surface area contributed by atoms with E-state index in [9.17, 15) is 4.39 Å². The van der Waals surface area contributed by atoms with Gasteiger partial charge in [0.25, 0.3) is 0 Å². The third kappa shape index (κ3) is 11.1. The number of rotatable bonds is 18. The van der Waals surface area contributed by atoms with Crippen molar-refractivity contribution in [2.24, 2.45) is 21.8 Å². The molecule has 35 heavy (non-hydrogen) atoms. The summed E-state index contributed by atoms with van der Waals surface area (Å²) in [5.41, 5.74) is 2.88. The minimum Gasteiger partial charge on any atom is -0.374 e. The van der Waals surface area contributed by atoms with Crippen molar-refractivity contribution in [1.29, 1.82) is 0 Å². The number of nitrogens with one attached hydrogen (secondary N) is 1. The van der Waals surface area contributed by atoms with Gasteiger partial charge in [0.2, 0.25) is 0 Å². The standard InChI is InChI=1S/C29H44ClFN4/c1-5-24-21-35(22-24)23(2)17-27-12-11-26(18-29(27)31)10-8-6-7-9-25(13-15-32-3)14-16-34-20-28(30)19-33-4/h11-12,18-20,24-25,32H,2,4-10,13-17,21-22H2,1,3H3/b28-19+,34-20?. The number of likely N-dealkylation sites (tertiary alicyclic amines) is 1. The van der Waals surface area contributed by atoms with E-state index in [0.29, 0.717) is 17.4 Å². The van der Waals surface area contributed by atoms with Crippen molar-refractivity contribution in [2.45, 2.75) is 64.7 Å². The van der Waals surface area contributed by atoms with E-state index in [1.807, 2.05) is 13.1 Å². The third-order valence-electron chi connectivity index (χ3n) is 6.97. The summed E-state index contributed by atoms with van der Waals surface area (Å²) in [5.74, 6) is 1.32. The van der Waals surface area contributed by atoms with Crippen LogP contribution in [-0.4, -0.2) is 51.1 Å². The fourth-order valence-electron chi connectivity index (χ4n) is 4.56. The summed E-state index contributed by atoms with van der Waals surface area (Å²) in [4.78, 5) is 10.3. The summed E-state index contributed by atoms with van der Waals surface area (Å²) >= 11 is 5.96. The van der Waals surface area contributed by atoms with Crippen molar-refractivity contribution in [3.05, 3.63) is 58.7 Å². The first-order valence-corrected chi connectivity index (χ1v) is 13.5. The molecule has 0 aliphatic carbocycles. The van der Waals surface area contributed by atoms with Crippen LogP contribution in [0.2, 0.25) is 0 Å². The SMILES string of the molecule is C=N/C=C(/Cl)C=NCCC(CCCCCc1ccc(CC(=C)N2CC(CC)C2)c(F)c1)CCNC. The molecule has 6 heteroatoms. The molecule has 1 aliphatic heterocycles. The second-order valence-electron chi connectivity index (χ2n) is 9.73. The fraction of sp³-hybridized carbons (Fsp3) is 0.586. The number of halogens is 2. The molecule has 2 rings (SSSR count). The molecular formula is C29H44ClFN4. The molecule has 1 aromatic rings. The zero-order chi connectivity index (χ0) is 25.5. The highest BCUT2D eigenvalue weighted by molar-refractivity contribution is 6.39. The Hall–Kier alpha value is -1.98. The van der Waals surface area contributed by atoms with Gasteiger partial charge in [-0.2, -0.15) is 0 Å². The number of allylic oxidation sites excluding steroid dienone is 2. The molecule has 194 valence electrons. The van der Waals surface area contributed by atoms with Gasteiger partial charge in [0.1, 0.15) is 5.82 Å². The van der Waals surface area contributed by atoms with Gasteiger partial charge < -0.3 is 10.2 Å². The van der Waals surface area contributed by atoms with Gasteiger partial charge in [-0.15, -0.1) is 0 Å². The second kappa shape index (κ2) is 16.6. The fourth-order valence-corrected chi connectivity index (χ4v) is 4.70. The number of benzene rings is 1. The molecule has 1 N–H and O–H groups in total. The lowest BCUT2D eigenvalue weighted by Crippen LogP contribution is -2.45. The Kier molecular flexibility index (Phi) is 13.9. The summed E-state index contributed by atoms with van der Waals surface area (Å²) < 4.78 is 14.7. The molecule has 1 aliphatic rings.